The molecule has 0 heterocycles. The van der Waals surface area contributed by atoms with Crippen LogP contribution in [0.1, 0.15) is 57.2 Å². The Kier molecular flexibility index (Phi) is 3.67. The third-order valence-electron chi connectivity index (χ3n) is 4.36. The van der Waals surface area contributed by atoms with Crippen molar-refractivity contribution in [2.45, 2.75) is 59.0 Å². The van der Waals surface area contributed by atoms with Crippen molar-refractivity contribution < 1.29 is 5.11 Å². The fraction of sp³-hybridized carbons (Fsp3) is 0.625. The summed E-state index contributed by atoms with van der Waals surface area (Å²) >= 11 is 0. The molecule has 2 N–H and O–H groups in total. The van der Waals surface area contributed by atoms with Gasteiger partial charge in [0.05, 0.1) is 0 Å². The molecule has 0 amide bonds. The quantitative estimate of drug-likeness (QED) is 0.848. The van der Waals surface area contributed by atoms with Crippen LogP contribution in [0.25, 0.3) is 0 Å². The first-order valence-electron chi connectivity index (χ1n) is 6.96. The minimum atomic E-state index is 0.202. The van der Waals surface area contributed by atoms with Gasteiger partial charge in [0.1, 0.15) is 5.75 Å². The normalized spacial score (nSPS) is 24.1. The SMILES string of the molecule is Cc1ccc(C(C)NC2CCCC2(C)C)c(O)c1. The van der Waals surface area contributed by atoms with E-state index < -0.39 is 0 Å². The molecule has 0 aliphatic heterocycles. The Balaban J connectivity index is 2.10. The van der Waals surface area contributed by atoms with Gasteiger partial charge in [-0.2, -0.15) is 0 Å². The highest BCUT2D eigenvalue weighted by molar-refractivity contribution is 5.37. The molecule has 1 aromatic rings. The van der Waals surface area contributed by atoms with E-state index in [-0.39, 0.29) is 6.04 Å². The average molecular weight is 247 g/mol. The van der Waals surface area contributed by atoms with Gasteiger partial charge in [0.15, 0.2) is 0 Å². The molecular formula is C16H25NO. The lowest BCUT2D eigenvalue weighted by molar-refractivity contribution is 0.265. The van der Waals surface area contributed by atoms with Crippen molar-refractivity contribution >= 4 is 0 Å². The molecule has 0 spiro atoms. The van der Waals surface area contributed by atoms with E-state index in [9.17, 15) is 5.11 Å². The van der Waals surface area contributed by atoms with E-state index in [1.54, 1.807) is 0 Å². The molecule has 0 aromatic heterocycles. The third-order valence-corrected chi connectivity index (χ3v) is 4.36. The van der Waals surface area contributed by atoms with Crippen LogP contribution >= 0.6 is 0 Å². The number of phenolic OH excluding ortho intramolecular Hbond substituents is 1. The zero-order chi connectivity index (χ0) is 13.3. The zero-order valence-corrected chi connectivity index (χ0v) is 12.0. The van der Waals surface area contributed by atoms with Gasteiger partial charge in [-0.1, -0.05) is 32.4 Å². The Labute approximate surface area is 110 Å². The summed E-state index contributed by atoms with van der Waals surface area (Å²) in [6.45, 7) is 8.80. The molecule has 2 nitrogen and oxygen atoms in total. The molecule has 18 heavy (non-hydrogen) atoms. The van der Waals surface area contributed by atoms with Crippen LogP contribution in [0.4, 0.5) is 0 Å². The number of nitrogens with one attached hydrogen (secondary N) is 1. The lowest BCUT2D eigenvalue weighted by Gasteiger charge is -2.31. The number of phenols is 1. The molecular weight excluding hydrogens is 222 g/mol. The first-order chi connectivity index (χ1) is 8.40. The van der Waals surface area contributed by atoms with Crippen molar-refractivity contribution in [1.29, 1.82) is 0 Å². The first kappa shape index (κ1) is 13.4. The molecule has 2 unspecified atom stereocenters. The molecule has 0 radical (unpaired) electrons. The molecule has 0 bridgehead atoms. The number of hydrogen-bond acceptors (Lipinski definition) is 2. The van der Waals surface area contributed by atoms with Gasteiger partial charge in [-0.05, 0) is 43.7 Å². The largest absolute Gasteiger partial charge is 0.508 e. The van der Waals surface area contributed by atoms with E-state index in [1.807, 2.05) is 19.1 Å². The monoisotopic (exact) mass is 247 g/mol. The van der Waals surface area contributed by atoms with Gasteiger partial charge in [0.25, 0.3) is 0 Å². The van der Waals surface area contributed by atoms with Crippen molar-refractivity contribution in [2.75, 3.05) is 0 Å². The summed E-state index contributed by atoms with van der Waals surface area (Å²) < 4.78 is 0. The lowest BCUT2D eigenvalue weighted by atomic mass is 9.86. The summed E-state index contributed by atoms with van der Waals surface area (Å²) in [6.07, 6.45) is 3.83. The van der Waals surface area contributed by atoms with Gasteiger partial charge in [-0.15, -0.1) is 0 Å². The van der Waals surface area contributed by atoms with Gasteiger partial charge in [0, 0.05) is 17.6 Å². The van der Waals surface area contributed by atoms with E-state index in [0.717, 1.165) is 11.1 Å². The standard InChI is InChI=1S/C16H25NO/c1-11-7-8-13(14(18)10-11)12(2)17-15-6-5-9-16(15,3)4/h7-8,10,12,15,17-18H,5-6,9H2,1-4H3. The second-order valence-electron chi connectivity index (χ2n) is 6.38. The summed E-state index contributed by atoms with van der Waals surface area (Å²) in [6, 6.07) is 6.69. The van der Waals surface area contributed by atoms with Gasteiger partial charge in [0.2, 0.25) is 0 Å². The fourth-order valence-electron chi connectivity index (χ4n) is 3.05. The predicted molar refractivity (Wildman–Crippen MR) is 75.8 cm³/mol. The van der Waals surface area contributed by atoms with Crippen molar-refractivity contribution in [2.24, 2.45) is 5.41 Å². The summed E-state index contributed by atoms with van der Waals surface area (Å²) in [5, 5.41) is 13.7. The van der Waals surface area contributed by atoms with Crippen molar-refractivity contribution in [3.05, 3.63) is 29.3 Å². The minimum Gasteiger partial charge on any atom is -0.508 e. The Morgan fingerprint density at radius 3 is 2.67 bits per heavy atom. The summed E-state index contributed by atoms with van der Waals surface area (Å²) in [5.74, 6) is 0.408. The Morgan fingerprint density at radius 2 is 2.11 bits per heavy atom. The maximum Gasteiger partial charge on any atom is 0.120 e. The molecule has 2 heteroatoms. The second kappa shape index (κ2) is 4.93. The highest BCUT2D eigenvalue weighted by atomic mass is 16.3. The predicted octanol–water partition coefficient (Wildman–Crippen LogP) is 3.93. The Morgan fingerprint density at radius 1 is 1.39 bits per heavy atom. The smallest absolute Gasteiger partial charge is 0.120 e. The number of benzene rings is 1. The Hall–Kier alpha value is -1.02. The maximum atomic E-state index is 10.0. The van der Waals surface area contributed by atoms with Crippen molar-refractivity contribution in [3.63, 3.8) is 0 Å². The first-order valence-corrected chi connectivity index (χ1v) is 6.96. The van der Waals surface area contributed by atoms with Gasteiger partial charge in [-0.25, -0.2) is 0 Å². The van der Waals surface area contributed by atoms with Crippen molar-refractivity contribution in [1.82, 2.24) is 5.32 Å². The van der Waals surface area contributed by atoms with E-state index in [2.05, 4.69) is 32.2 Å². The molecule has 0 saturated heterocycles. The second-order valence-corrected chi connectivity index (χ2v) is 6.38. The van der Waals surface area contributed by atoms with Crippen LogP contribution in [0.3, 0.4) is 0 Å². The Bertz CT molecular complexity index is 425. The summed E-state index contributed by atoms with van der Waals surface area (Å²) in [4.78, 5) is 0. The topological polar surface area (TPSA) is 32.3 Å². The number of hydrogen-bond donors (Lipinski definition) is 2. The van der Waals surface area contributed by atoms with Gasteiger partial charge < -0.3 is 10.4 Å². The molecule has 2 rings (SSSR count). The highest BCUT2D eigenvalue weighted by Gasteiger charge is 2.35. The fourth-order valence-corrected chi connectivity index (χ4v) is 3.05. The third kappa shape index (κ3) is 2.69. The van der Waals surface area contributed by atoms with Crippen LogP contribution in [-0.2, 0) is 0 Å². The van der Waals surface area contributed by atoms with Crippen LogP contribution in [-0.4, -0.2) is 11.1 Å². The number of aryl methyl sites for hydroxylation is 1. The van der Waals surface area contributed by atoms with Crippen LogP contribution in [0.2, 0.25) is 0 Å². The molecule has 1 saturated carbocycles. The minimum absolute atomic E-state index is 0.202. The number of aromatic hydroxyl groups is 1. The molecule has 100 valence electrons. The molecule has 1 aliphatic carbocycles. The summed E-state index contributed by atoms with van der Waals surface area (Å²) in [7, 11) is 0. The van der Waals surface area contributed by atoms with E-state index in [0.29, 0.717) is 17.2 Å². The van der Waals surface area contributed by atoms with E-state index in [1.165, 1.54) is 19.3 Å². The van der Waals surface area contributed by atoms with Gasteiger partial charge >= 0.3 is 0 Å². The molecule has 1 aromatic carbocycles. The van der Waals surface area contributed by atoms with E-state index >= 15 is 0 Å². The van der Waals surface area contributed by atoms with Gasteiger partial charge in [-0.3, -0.25) is 0 Å². The molecule has 1 aliphatic rings. The lowest BCUT2D eigenvalue weighted by Crippen LogP contribution is -2.39. The molecule has 1 fully saturated rings. The molecule has 2 atom stereocenters. The van der Waals surface area contributed by atoms with Crippen LogP contribution in [0, 0.1) is 12.3 Å². The summed E-state index contributed by atoms with van der Waals surface area (Å²) in [5.41, 5.74) is 2.47. The van der Waals surface area contributed by atoms with E-state index in [4.69, 9.17) is 0 Å². The van der Waals surface area contributed by atoms with Crippen molar-refractivity contribution in [3.8, 4) is 5.75 Å². The van der Waals surface area contributed by atoms with Crippen LogP contribution < -0.4 is 5.32 Å². The average Bonchev–Trinajstić information content (AvgIpc) is 2.58. The van der Waals surface area contributed by atoms with Crippen LogP contribution in [0.15, 0.2) is 18.2 Å². The van der Waals surface area contributed by atoms with Crippen LogP contribution in [0.5, 0.6) is 5.75 Å². The highest BCUT2D eigenvalue weighted by Crippen LogP contribution is 2.39. The zero-order valence-electron chi connectivity index (χ0n) is 12.0. The maximum absolute atomic E-state index is 10.0. The number of rotatable bonds is 3.